The van der Waals surface area contributed by atoms with Gasteiger partial charge in [-0.1, -0.05) is 93.8 Å². The Morgan fingerprint density at radius 1 is 0.763 bits per heavy atom. The second-order valence-electron chi connectivity index (χ2n) is 12.1. The van der Waals surface area contributed by atoms with Gasteiger partial charge in [-0.15, -0.1) is 0 Å². The molecule has 0 aromatic heterocycles. The average Bonchev–Trinajstić information content (AvgIpc) is 2.80. The summed E-state index contributed by atoms with van der Waals surface area (Å²) in [6, 6.07) is 21.0. The highest BCUT2D eigenvalue weighted by Crippen LogP contribution is 2.40. The maximum Gasteiger partial charge on any atom is 0.298 e. The van der Waals surface area contributed by atoms with E-state index >= 15 is 0 Å². The molecule has 0 saturated heterocycles. The highest BCUT2D eigenvalue weighted by atomic mass is 32.2. The summed E-state index contributed by atoms with van der Waals surface area (Å²) in [6.07, 6.45) is 5.63. The maximum absolute atomic E-state index is 12.4. The van der Waals surface area contributed by atoms with Crippen LogP contribution in [0.5, 0.6) is 5.75 Å². The topological polar surface area (TPSA) is 63.6 Å². The molecule has 0 bridgehead atoms. The van der Waals surface area contributed by atoms with E-state index in [2.05, 4.69) is 89.3 Å². The molecule has 0 atom stereocenters. The van der Waals surface area contributed by atoms with E-state index in [0.29, 0.717) is 17.7 Å². The monoisotopic (exact) mass is 552 g/mol. The van der Waals surface area contributed by atoms with Gasteiger partial charge >= 0.3 is 0 Å². The van der Waals surface area contributed by atoms with Crippen LogP contribution >= 0.6 is 0 Å². The molecular formula is C32H44O4SSi. The molecule has 0 unspecified atom stereocenters. The van der Waals surface area contributed by atoms with Crippen LogP contribution in [0.1, 0.15) is 68.7 Å². The SMILES string of the molecule is Cc1ccc(-c2ccc(CCCCCCc3cc(C)cc(O[Si](C)(C)C(C)(C)C)c3S(=O)(=O)O)cc2)cc1. The number of aryl methyl sites for hydroxylation is 4. The molecule has 38 heavy (non-hydrogen) atoms. The minimum atomic E-state index is -4.41. The number of hydrogen-bond acceptors (Lipinski definition) is 3. The van der Waals surface area contributed by atoms with Crippen molar-refractivity contribution in [3.8, 4) is 16.9 Å². The zero-order valence-corrected chi connectivity index (χ0v) is 25.9. The molecule has 0 aliphatic carbocycles. The molecule has 1 N–H and O–H groups in total. The summed E-state index contributed by atoms with van der Waals surface area (Å²) in [5, 5.41) is -0.0889. The van der Waals surface area contributed by atoms with Crippen LogP contribution < -0.4 is 4.43 Å². The van der Waals surface area contributed by atoms with E-state index in [1.807, 2.05) is 13.0 Å². The summed E-state index contributed by atoms with van der Waals surface area (Å²) in [4.78, 5) is -0.0541. The molecule has 6 heteroatoms. The van der Waals surface area contributed by atoms with Crippen molar-refractivity contribution >= 4 is 18.4 Å². The van der Waals surface area contributed by atoms with Gasteiger partial charge in [-0.3, -0.25) is 4.55 Å². The van der Waals surface area contributed by atoms with Crippen molar-refractivity contribution in [1.82, 2.24) is 0 Å². The molecule has 3 aromatic rings. The van der Waals surface area contributed by atoms with Gasteiger partial charge < -0.3 is 4.43 Å². The molecule has 0 heterocycles. The summed E-state index contributed by atoms with van der Waals surface area (Å²) in [7, 11) is -6.69. The van der Waals surface area contributed by atoms with Crippen LogP contribution in [0.25, 0.3) is 11.1 Å². The van der Waals surface area contributed by atoms with Gasteiger partial charge in [0, 0.05) is 0 Å². The Morgan fingerprint density at radius 3 is 1.82 bits per heavy atom. The average molecular weight is 553 g/mol. The quantitative estimate of drug-likeness (QED) is 0.146. The summed E-state index contributed by atoms with van der Waals surface area (Å²) in [5.74, 6) is 0.295. The highest BCUT2D eigenvalue weighted by Gasteiger charge is 2.40. The van der Waals surface area contributed by atoms with E-state index in [4.69, 9.17) is 4.43 Å². The van der Waals surface area contributed by atoms with Gasteiger partial charge in [-0.2, -0.15) is 8.42 Å². The molecule has 0 radical (unpaired) electrons. The predicted octanol–water partition coefficient (Wildman–Crippen LogP) is 8.95. The Bertz CT molecular complexity index is 1320. The fourth-order valence-electron chi connectivity index (χ4n) is 4.40. The normalized spacial score (nSPS) is 12.5. The molecule has 206 valence electrons. The van der Waals surface area contributed by atoms with Gasteiger partial charge in [0.25, 0.3) is 18.4 Å². The first-order valence-electron chi connectivity index (χ1n) is 13.6. The second kappa shape index (κ2) is 12.2. The van der Waals surface area contributed by atoms with Crippen molar-refractivity contribution in [1.29, 1.82) is 0 Å². The third-order valence-electron chi connectivity index (χ3n) is 7.71. The van der Waals surface area contributed by atoms with Crippen molar-refractivity contribution < 1.29 is 17.4 Å². The summed E-state index contributed by atoms with van der Waals surface area (Å²) >= 11 is 0. The predicted molar refractivity (Wildman–Crippen MR) is 161 cm³/mol. The molecule has 0 aliphatic heterocycles. The van der Waals surface area contributed by atoms with Crippen LogP contribution in [0.3, 0.4) is 0 Å². The number of benzene rings is 3. The zero-order chi connectivity index (χ0) is 28.1. The standard InChI is InChI=1S/C32H44O4SSi/c1-24-14-18-27(19-15-24)28-20-16-26(17-21-28)12-10-8-9-11-13-29-22-25(2)23-30(31(29)37(33,34)35)36-38(6,7)32(3,4)5/h14-23H,8-13H2,1-7H3,(H,33,34,35). The fourth-order valence-corrected chi connectivity index (χ4v) is 6.34. The van der Waals surface area contributed by atoms with Gasteiger partial charge in [-0.05, 0) is 91.5 Å². The lowest BCUT2D eigenvalue weighted by Crippen LogP contribution is -2.44. The molecule has 0 spiro atoms. The van der Waals surface area contributed by atoms with Crippen LogP contribution in [0.4, 0.5) is 0 Å². The summed E-state index contributed by atoms with van der Waals surface area (Å²) < 4.78 is 41.4. The third-order valence-corrected chi connectivity index (χ3v) is 13.0. The minimum Gasteiger partial charge on any atom is -0.543 e. The molecule has 0 aliphatic rings. The molecule has 0 amide bonds. The molecule has 4 nitrogen and oxygen atoms in total. The summed E-state index contributed by atoms with van der Waals surface area (Å²) in [6.45, 7) is 14.5. The number of rotatable bonds is 11. The minimum absolute atomic E-state index is 0.0541. The Hall–Kier alpha value is -2.41. The largest absolute Gasteiger partial charge is 0.543 e. The Kier molecular flexibility index (Phi) is 9.66. The maximum atomic E-state index is 12.4. The van der Waals surface area contributed by atoms with Gasteiger partial charge in [0.1, 0.15) is 10.6 Å². The Labute approximate surface area is 231 Å². The number of unbranched alkanes of at least 4 members (excludes halogenated alkanes) is 3. The first-order valence-corrected chi connectivity index (χ1v) is 18.0. The van der Waals surface area contributed by atoms with Crippen LogP contribution in [-0.4, -0.2) is 21.3 Å². The smallest absolute Gasteiger partial charge is 0.298 e. The third kappa shape index (κ3) is 8.04. The molecule has 0 saturated carbocycles. The lowest BCUT2D eigenvalue weighted by Gasteiger charge is -2.37. The molecular weight excluding hydrogens is 509 g/mol. The summed E-state index contributed by atoms with van der Waals surface area (Å²) in [5.41, 5.74) is 6.66. The van der Waals surface area contributed by atoms with Crippen LogP contribution in [0.15, 0.2) is 65.6 Å². The van der Waals surface area contributed by atoms with Crippen LogP contribution in [0, 0.1) is 13.8 Å². The van der Waals surface area contributed by atoms with Crippen molar-refractivity contribution in [2.24, 2.45) is 0 Å². The Balaban J connectivity index is 1.58. The van der Waals surface area contributed by atoms with Gasteiger partial charge in [0.15, 0.2) is 0 Å². The Morgan fingerprint density at radius 2 is 1.29 bits per heavy atom. The van der Waals surface area contributed by atoms with Gasteiger partial charge in [0.05, 0.1) is 0 Å². The van der Waals surface area contributed by atoms with Gasteiger partial charge in [-0.25, -0.2) is 0 Å². The van der Waals surface area contributed by atoms with Crippen LogP contribution in [-0.2, 0) is 23.0 Å². The second-order valence-corrected chi connectivity index (χ2v) is 18.1. The van der Waals surface area contributed by atoms with E-state index < -0.39 is 18.4 Å². The van der Waals surface area contributed by atoms with E-state index in [0.717, 1.165) is 37.7 Å². The lowest BCUT2D eigenvalue weighted by molar-refractivity contribution is 0.456. The highest BCUT2D eigenvalue weighted by molar-refractivity contribution is 7.86. The van der Waals surface area contributed by atoms with Crippen molar-refractivity contribution in [2.75, 3.05) is 0 Å². The molecule has 3 rings (SSSR count). The lowest BCUT2D eigenvalue weighted by atomic mass is 9.99. The van der Waals surface area contributed by atoms with Crippen molar-refractivity contribution in [3.63, 3.8) is 0 Å². The van der Waals surface area contributed by atoms with E-state index in [1.54, 1.807) is 6.07 Å². The zero-order valence-electron chi connectivity index (χ0n) is 24.1. The molecule has 3 aromatic carbocycles. The molecule has 0 fully saturated rings. The van der Waals surface area contributed by atoms with Gasteiger partial charge in [0.2, 0.25) is 0 Å². The van der Waals surface area contributed by atoms with Crippen LogP contribution in [0.2, 0.25) is 18.1 Å². The first-order chi connectivity index (χ1) is 17.7. The van der Waals surface area contributed by atoms with E-state index in [9.17, 15) is 13.0 Å². The fraction of sp³-hybridized carbons (Fsp3) is 0.438. The first kappa shape index (κ1) is 30.1. The van der Waals surface area contributed by atoms with Crippen molar-refractivity contribution in [2.45, 2.75) is 96.2 Å². The van der Waals surface area contributed by atoms with E-state index in [-0.39, 0.29) is 9.93 Å². The van der Waals surface area contributed by atoms with Crippen molar-refractivity contribution in [3.05, 3.63) is 82.9 Å². The van der Waals surface area contributed by atoms with E-state index in [1.165, 1.54) is 22.3 Å². The number of hydrogen-bond donors (Lipinski definition) is 1.